The van der Waals surface area contributed by atoms with Crippen LogP contribution in [-0.4, -0.2) is 37.1 Å². The van der Waals surface area contributed by atoms with Gasteiger partial charge in [-0.2, -0.15) is 0 Å². The van der Waals surface area contributed by atoms with Gasteiger partial charge in [0.25, 0.3) is 10.0 Å². The molecule has 0 bridgehead atoms. The number of carbonyl (C=O) groups is 1. The fourth-order valence-electron chi connectivity index (χ4n) is 2.88. The first-order valence-corrected chi connectivity index (χ1v) is 10.8. The Kier molecular flexibility index (Phi) is 4.78. The largest absolute Gasteiger partial charge is 0.325 e. The van der Waals surface area contributed by atoms with Crippen LogP contribution in [0.15, 0.2) is 70.8 Å². The van der Waals surface area contributed by atoms with Crippen LogP contribution in [0.2, 0.25) is 0 Å². The van der Waals surface area contributed by atoms with Gasteiger partial charge in [-0.3, -0.25) is 9.10 Å². The van der Waals surface area contributed by atoms with Crippen LogP contribution in [0.1, 0.15) is 0 Å². The second-order valence-electron chi connectivity index (χ2n) is 6.06. The van der Waals surface area contributed by atoms with Gasteiger partial charge < -0.3 is 5.32 Å². The predicted octanol–water partition coefficient (Wildman–Crippen LogP) is 3.01. The van der Waals surface area contributed by atoms with Crippen molar-refractivity contribution >= 4 is 39.1 Å². The topological polar surface area (TPSA) is 92.3 Å². The highest BCUT2D eigenvalue weighted by molar-refractivity contribution is 7.99. The highest BCUT2D eigenvalue weighted by Crippen LogP contribution is 2.41. The summed E-state index contributed by atoms with van der Waals surface area (Å²) in [6, 6.07) is 16.3. The summed E-state index contributed by atoms with van der Waals surface area (Å²) in [5.41, 5.74) is 2.34. The molecule has 0 aliphatic carbocycles. The third-order valence-electron chi connectivity index (χ3n) is 4.26. The smallest absolute Gasteiger partial charge is 0.267 e. The number of hydrogen-bond donors (Lipinski definition) is 1. The van der Waals surface area contributed by atoms with E-state index in [0.717, 1.165) is 11.8 Å². The van der Waals surface area contributed by atoms with Crippen LogP contribution in [0.3, 0.4) is 0 Å². The molecule has 142 valence electrons. The van der Waals surface area contributed by atoms with Gasteiger partial charge in [0.15, 0.2) is 5.16 Å². The maximum atomic E-state index is 12.7. The number of nitrogens with zero attached hydrogens (tertiary/aromatic N) is 3. The molecule has 1 amide bonds. The molecule has 0 unspecified atom stereocenters. The van der Waals surface area contributed by atoms with E-state index in [4.69, 9.17) is 0 Å². The fraction of sp³-hybridized carbons (Fsp3) is 0.105. The molecule has 0 saturated carbocycles. The standard InChI is InChI=1S/C19H16N4O3S2/c1-23-15-10-6-5-9-14(15)18-16(28(23,25)26)11-20-19(22-18)27-12-17(24)21-13-7-3-2-4-8-13/h2-11H,12H2,1H3,(H,21,24). The molecule has 0 radical (unpaired) electrons. The van der Waals surface area contributed by atoms with Crippen LogP contribution < -0.4 is 9.62 Å². The SMILES string of the molecule is CN1c2ccccc2-c2nc(SCC(=O)Nc3ccccc3)ncc2S1(=O)=O. The van der Waals surface area contributed by atoms with Crippen molar-refractivity contribution < 1.29 is 13.2 Å². The van der Waals surface area contributed by atoms with Crippen LogP contribution in [-0.2, 0) is 14.8 Å². The lowest BCUT2D eigenvalue weighted by atomic mass is 10.1. The van der Waals surface area contributed by atoms with Crippen molar-refractivity contribution in [2.45, 2.75) is 10.1 Å². The van der Waals surface area contributed by atoms with Crippen molar-refractivity contribution in [3.05, 3.63) is 60.8 Å². The molecule has 0 spiro atoms. The van der Waals surface area contributed by atoms with Gasteiger partial charge in [0.1, 0.15) is 4.90 Å². The van der Waals surface area contributed by atoms with Crippen LogP contribution in [0.5, 0.6) is 0 Å². The number of hydrogen-bond acceptors (Lipinski definition) is 6. The van der Waals surface area contributed by atoms with E-state index in [1.165, 1.54) is 17.5 Å². The third-order valence-corrected chi connectivity index (χ3v) is 6.89. The number of sulfonamides is 1. The summed E-state index contributed by atoms with van der Waals surface area (Å²) in [4.78, 5) is 20.8. The number of anilines is 2. The molecular weight excluding hydrogens is 396 g/mol. The molecule has 7 nitrogen and oxygen atoms in total. The minimum absolute atomic E-state index is 0.0618. The van der Waals surface area contributed by atoms with Gasteiger partial charge in [0.05, 0.1) is 23.3 Å². The Bertz CT molecular complexity index is 1150. The van der Waals surface area contributed by atoms with Crippen molar-refractivity contribution in [1.82, 2.24) is 9.97 Å². The average Bonchev–Trinajstić information content (AvgIpc) is 2.71. The molecule has 1 N–H and O–H groups in total. The predicted molar refractivity (Wildman–Crippen MR) is 109 cm³/mol. The van der Waals surface area contributed by atoms with Gasteiger partial charge in [0, 0.05) is 18.3 Å². The summed E-state index contributed by atoms with van der Waals surface area (Å²) < 4.78 is 26.7. The Labute approximate surface area is 166 Å². The van der Waals surface area contributed by atoms with Crippen molar-refractivity contribution in [3.8, 4) is 11.3 Å². The normalized spacial score (nSPS) is 14.1. The number of fused-ring (bicyclic) bond motifs is 3. The zero-order chi connectivity index (χ0) is 19.7. The number of amides is 1. The van der Waals surface area contributed by atoms with E-state index in [1.807, 2.05) is 30.3 Å². The van der Waals surface area contributed by atoms with E-state index >= 15 is 0 Å². The Morgan fingerprint density at radius 1 is 1.11 bits per heavy atom. The van der Waals surface area contributed by atoms with E-state index in [2.05, 4.69) is 15.3 Å². The third kappa shape index (κ3) is 3.34. The molecule has 2 aromatic carbocycles. The lowest BCUT2D eigenvalue weighted by Gasteiger charge is -2.28. The number of benzene rings is 2. The highest BCUT2D eigenvalue weighted by atomic mass is 32.2. The van der Waals surface area contributed by atoms with Gasteiger partial charge in [-0.15, -0.1) is 0 Å². The van der Waals surface area contributed by atoms with Gasteiger partial charge in [-0.1, -0.05) is 48.2 Å². The first kappa shape index (κ1) is 18.5. The molecule has 1 aliphatic heterocycles. The van der Waals surface area contributed by atoms with Crippen molar-refractivity contribution in [2.24, 2.45) is 0 Å². The minimum atomic E-state index is -3.70. The van der Waals surface area contributed by atoms with Crippen LogP contribution >= 0.6 is 11.8 Å². The number of rotatable bonds is 4. The number of thioether (sulfide) groups is 1. The number of para-hydroxylation sites is 2. The maximum absolute atomic E-state index is 12.7. The summed E-state index contributed by atoms with van der Waals surface area (Å²) in [6.45, 7) is 0. The summed E-state index contributed by atoms with van der Waals surface area (Å²) in [6.07, 6.45) is 1.31. The molecule has 2 heterocycles. The van der Waals surface area contributed by atoms with Crippen molar-refractivity contribution in [1.29, 1.82) is 0 Å². The Morgan fingerprint density at radius 2 is 1.82 bits per heavy atom. The summed E-state index contributed by atoms with van der Waals surface area (Å²) >= 11 is 1.15. The van der Waals surface area contributed by atoms with E-state index in [9.17, 15) is 13.2 Å². The van der Waals surface area contributed by atoms with Crippen LogP contribution in [0.25, 0.3) is 11.3 Å². The molecule has 3 aromatic rings. The van der Waals surface area contributed by atoms with Crippen molar-refractivity contribution in [2.75, 3.05) is 22.4 Å². The Hall–Kier alpha value is -2.91. The van der Waals surface area contributed by atoms with Gasteiger partial charge in [0.2, 0.25) is 5.91 Å². The lowest BCUT2D eigenvalue weighted by Crippen LogP contribution is -2.31. The Morgan fingerprint density at radius 3 is 2.61 bits per heavy atom. The fourth-order valence-corrected chi connectivity index (χ4v) is 4.79. The van der Waals surface area contributed by atoms with Crippen LogP contribution in [0, 0.1) is 0 Å². The molecule has 9 heteroatoms. The van der Waals surface area contributed by atoms with E-state index in [1.54, 1.807) is 24.3 Å². The summed E-state index contributed by atoms with van der Waals surface area (Å²) in [7, 11) is -2.20. The highest BCUT2D eigenvalue weighted by Gasteiger charge is 2.34. The summed E-state index contributed by atoms with van der Waals surface area (Å²) in [5, 5.41) is 3.14. The first-order valence-electron chi connectivity index (χ1n) is 8.40. The molecule has 1 aromatic heterocycles. The monoisotopic (exact) mass is 412 g/mol. The van der Waals surface area contributed by atoms with Gasteiger partial charge in [-0.25, -0.2) is 18.4 Å². The maximum Gasteiger partial charge on any atom is 0.267 e. The lowest BCUT2D eigenvalue weighted by molar-refractivity contribution is -0.113. The average molecular weight is 412 g/mol. The number of aromatic nitrogens is 2. The summed E-state index contributed by atoms with van der Waals surface area (Å²) in [5.74, 6) is -0.0765. The minimum Gasteiger partial charge on any atom is -0.325 e. The number of carbonyl (C=O) groups excluding carboxylic acids is 1. The zero-order valence-electron chi connectivity index (χ0n) is 14.9. The zero-order valence-corrected chi connectivity index (χ0v) is 16.5. The molecule has 28 heavy (non-hydrogen) atoms. The van der Waals surface area contributed by atoms with E-state index in [0.29, 0.717) is 27.8 Å². The van der Waals surface area contributed by atoms with Crippen LogP contribution in [0.4, 0.5) is 11.4 Å². The van der Waals surface area contributed by atoms with E-state index < -0.39 is 10.0 Å². The number of nitrogens with one attached hydrogen (secondary N) is 1. The first-order chi connectivity index (χ1) is 13.5. The van der Waals surface area contributed by atoms with Crippen molar-refractivity contribution in [3.63, 3.8) is 0 Å². The molecule has 1 aliphatic rings. The van der Waals surface area contributed by atoms with E-state index in [-0.39, 0.29) is 16.6 Å². The second kappa shape index (κ2) is 7.25. The molecule has 0 saturated heterocycles. The van der Waals surface area contributed by atoms with Gasteiger partial charge in [-0.05, 0) is 18.2 Å². The van der Waals surface area contributed by atoms with Gasteiger partial charge >= 0.3 is 0 Å². The molecule has 4 rings (SSSR count). The second-order valence-corrected chi connectivity index (χ2v) is 8.94. The molecule has 0 fully saturated rings. The Balaban J connectivity index is 1.58. The molecular formula is C19H16N4O3S2. The molecule has 0 atom stereocenters. The quantitative estimate of drug-likeness (QED) is 0.523.